The molecular weight excluding hydrogens is 497 g/mol. The molecule has 0 saturated heterocycles. The normalized spacial score (nSPS) is 16.0. The van der Waals surface area contributed by atoms with E-state index in [1.54, 1.807) is 0 Å². The summed E-state index contributed by atoms with van der Waals surface area (Å²) in [5, 5.41) is 30.8. The third-order valence-electron chi connectivity index (χ3n) is 4.72. The number of aliphatic carboxylic acids is 2. The molecule has 0 heterocycles. The van der Waals surface area contributed by atoms with Gasteiger partial charge in [-0.2, -0.15) is 0 Å². The van der Waals surface area contributed by atoms with Crippen molar-refractivity contribution in [2.24, 2.45) is 5.92 Å². The molecule has 4 atom stereocenters. The second-order valence-corrected chi connectivity index (χ2v) is 12.0. The number of nitrogens with zero attached hydrogens (tertiary/aromatic N) is 1. The van der Waals surface area contributed by atoms with Gasteiger partial charge < -0.3 is 20.4 Å². The van der Waals surface area contributed by atoms with Crippen LogP contribution in [0.4, 0.5) is 5.69 Å². The van der Waals surface area contributed by atoms with Gasteiger partial charge in [0.25, 0.3) is 5.69 Å². The Morgan fingerprint density at radius 1 is 1.21 bits per heavy atom. The lowest BCUT2D eigenvalue weighted by atomic mass is 10.1. The van der Waals surface area contributed by atoms with Crippen molar-refractivity contribution in [2.45, 2.75) is 44.3 Å². The first kappa shape index (κ1) is 29.2. The van der Waals surface area contributed by atoms with Crippen LogP contribution in [0.15, 0.2) is 24.3 Å². The predicted octanol–water partition coefficient (Wildman–Crippen LogP) is 0.701. The molecule has 0 aromatic heterocycles. The van der Waals surface area contributed by atoms with Gasteiger partial charge in [0.05, 0.1) is 22.6 Å². The Kier molecular flexibility index (Phi) is 10.3. The van der Waals surface area contributed by atoms with E-state index in [0.717, 1.165) is 13.0 Å². The van der Waals surface area contributed by atoms with E-state index in [9.17, 15) is 47.5 Å². The molecule has 16 heteroatoms. The van der Waals surface area contributed by atoms with E-state index in [4.69, 9.17) is 5.11 Å². The SMILES string of the molecule is CC(NC(=O)[C@@H](C)NS(=O)(=O)Cc1cccc([N+](=O)[O-])c1)P(=O)(O)CC(CCC(=O)O)C(=O)O. The Morgan fingerprint density at radius 2 is 1.82 bits per heavy atom. The number of nitro groups is 1. The monoisotopic (exact) mass is 523 g/mol. The second-order valence-electron chi connectivity index (χ2n) is 7.62. The van der Waals surface area contributed by atoms with Crippen LogP contribution >= 0.6 is 7.37 Å². The first-order chi connectivity index (χ1) is 15.5. The van der Waals surface area contributed by atoms with Crippen molar-refractivity contribution in [3.05, 3.63) is 39.9 Å². The number of non-ortho nitro benzene ring substituents is 1. The molecule has 34 heavy (non-hydrogen) atoms. The lowest BCUT2D eigenvalue weighted by molar-refractivity contribution is -0.384. The minimum atomic E-state index is -4.31. The van der Waals surface area contributed by atoms with E-state index in [-0.39, 0.29) is 17.7 Å². The standard InChI is InChI=1S/C18H26N3O11PS/c1-11(20-34(31,32)10-13-4-3-5-15(8-13)21(27)28)17(24)19-12(2)33(29,30)9-14(18(25)26)6-7-16(22)23/h3-5,8,11-12,14,20H,6-7,9-10H2,1-2H3,(H,19,24)(H,22,23)(H,25,26)(H,29,30)/t11-,12?,14?/m1/s1. The Labute approximate surface area is 195 Å². The minimum Gasteiger partial charge on any atom is -0.481 e. The lowest BCUT2D eigenvalue weighted by Crippen LogP contribution is -2.47. The number of nitrogens with one attached hydrogen (secondary N) is 2. The van der Waals surface area contributed by atoms with Gasteiger partial charge in [0.1, 0.15) is 5.78 Å². The largest absolute Gasteiger partial charge is 0.481 e. The number of carboxylic acid groups (broad SMARTS) is 2. The summed E-state index contributed by atoms with van der Waals surface area (Å²) in [6.07, 6.45) is -1.70. The van der Waals surface area contributed by atoms with Crippen molar-refractivity contribution in [1.82, 2.24) is 10.0 Å². The van der Waals surface area contributed by atoms with Gasteiger partial charge in [0, 0.05) is 24.7 Å². The highest BCUT2D eigenvalue weighted by molar-refractivity contribution is 7.88. The summed E-state index contributed by atoms with van der Waals surface area (Å²) in [5.74, 6) is -7.25. The van der Waals surface area contributed by atoms with Crippen LogP contribution in [0.1, 0.15) is 32.3 Å². The number of carbonyl (C=O) groups excluding carboxylic acids is 1. The molecule has 5 N–H and O–H groups in total. The number of carboxylic acids is 2. The third-order valence-corrected chi connectivity index (χ3v) is 8.45. The summed E-state index contributed by atoms with van der Waals surface area (Å²) >= 11 is 0. The quantitative estimate of drug-likeness (QED) is 0.129. The van der Waals surface area contributed by atoms with Crippen molar-refractivity contribution < 1.29 is 47.4 Å². The summed E-state index contributed by atoms with van der Waals surface area (Å²) in [6.45, 7) is 2.31. The molecule has 1 aromatic rings. The average molecular weight is 523 g/mol. The molecule has 1 aromatic carbocycles. The number of nitro benzene ring substituents is 1. The maximum Gasteiger partial charge on any atom is 0.307 e. The molecule has 0 aliphatic heterocycles. The van der Waals surface area contributed by atoms with Gasteiger partial charge in [0.2, 0.25) is 23.3 Å². The molecule has 0 saturated carbocycles. The molecule has 3 unspecified atom stereocenters. The van der Waals surface area contributed by atoms with Crippen LogP contribution in [0.25, 0.3) is 0 Å². The van der Waals surface area contributed by atoms with E-state index in [1.807, 2.05) is 0 Å². The zero-order valence-electron chi connectivity index (χ0n) is 18.3. The zero-order chi connectivity index (χ0) is 26.3. The fourth-order valence-corrected chi connectivity index (χ4v) is 5.80. The number of amides is 1. The number of sulfonamides is 1. The van der Waals surface area contributed by atoms with E-state index >= 15 is 0 Å². The number of hydrogen-bond donors (Lipinski definition) is 5. The Hall–Kier alpha value is -2.87. The van der Waals surface area contributed by atoms with E-state index in [0.29, 0.717) is 0 Å². The molecule has 0 fully saturated rings. The first-order valence-corrected chi connectivity index (χ1v) is 13.4. The Morgan fingerprint density at radius 3 is 2.35 bits per heavy atom. The molecule has 190 valence electrons. The predicted molar refractivity (Wildman–Crippen MR) is 119 cm³/mol. The molecule has 0 bridgehead atoms. The highest BCUT2D eigenvalue weighted by Crippen LogP contribution is 2.47. The van der Waals surface area contributed by atoms with Crippen LogP contribution in [0.3, 0.4) is 0 Å². The van der Waals surface area contributed by atoms with Crippen LogP contribution in [-0.2, 0) is 34.7 Å². The van der Waals surface area contributed by atoms with Crippen LogP contribution in [0.5, 0.6) is 0 Å². The molecule has 0 spiro atoms. The maximum absolute atomic E-state index is 12.6. The summed E-state index contributed by atoms with van der Waals surface area (Å²) in [4.78, 5) is 54.7. The average Bonchev–Trinajstić information content (AvgIpc) is 2.69. The van der Waals surface area contributed by atoms with Crippen LogP contribution < -0.4 is 10.0 Å². The second kappa shape index (κ2) is 12.0. The summed E-state index contributed by atoms with van der Waals surface area (Å²) < 4.78 is 39.3. The van der Waals surface area contributed by atoms with Crippen LogP contribution in [0, 0.1) is 16.0 Å². The lowest BCUT2D eigenvalue weighted by Gasteiger charge is -2.24. The molecule has 14 nitrogen and oxygen atoms in total. The molecule has 0 radical (unpaired) electrons. The Bertz CT molecular complexity index is 1090. The van der Waals surface area contributed by atoms with Crippen molar-refractivity contribution in [2.75, 3.05) is 6.16 Å². The fraction of sp³-hybridized carbons (Fsp3) is 0.500. The fourth-order valence-electron chi connectivity index (χ4n) is 2.84. The summed E-state index contributed by atoms with van der Waals surface area (Å²) in [5.41, 5.74) is -0.211. The highest BCUT2D eigenvalue weighted by atomic mass is 32.2. The zero-order valence-corrected chi connectivity index (χ0v) is 20.0. The number of carbonyl (C=O) groups is 3. The van der Waals surface area contributed by atoms with Gasteiger partial charge in [-0.1, -0.05) is 12.1 Å². The van der Waals surface area contributed by atoms with Crippen molar-refractivity contribution in [1.29, 1.82) is 0 Å². The topological polar surface area (TPSA) is 230 Å². The molecular formula is C18H26N3O11PS. The van der Waals surface area contributed by atoms with E-state index < -0.39 is 76.2 Å². The molecule has 1 rings (SSSR count). The van der Waals surface area contributed by atoms with Gasteiger partial charge in [-0.25, -0.2) is 13.1 Å². The van der Waals surface area contributed by atoms with Crippen molar-refractivity contribution in [3.8, 4) is 0 Å². The summed E-state index contributed by atoms with van der Waals surface area (Å²) in [6, 6.07) is 3.51. The number of rotatable bonds is 14. The van der Waals surface area contributed by atoms with E-state index in [1.165, 1.54) is 25.1 Å². The molecule has 0 aliphatic rings. The van der Waals surface area contributed by atoms with Gasteiger partial charge in [-0.05, 0) is 25.8 Å². The van der Waals surface area contributed by atoms with Crippen molar-refractivity contribution in [3.63, 3.8) is 0 Å². The smallest absolute Gasteiger partial charge is 0.307 e. The maximum atomic E-state index is 12.6. The van der Waals surface area contributed by atoms with Crippen LogP contribution in [0.2, 0.25) is 0 Å². The first-order valence-electron chi connectivity index (χ1n) is 9.84. The summed E-state index contributed by atoms with van der Waals surface area (Å²) in [7, 11) is -8.45. The van der Waals surface area contributed by atoms with Crippen LogP contribution in [-0.4, -0.2) is 64.3 Å². The van der Waals surface area contributed by atoms with Gasteiger partial charge in [-0.3, -0.25) is 29.1 Å². The number of hydrogen-bond acceptors (Lipinski definition) is 8. The minimum absolute atomic E-state index is 0.101. The molecule has 1 amide bonds. The van der Waals surface area contributed by atoms with E-state index in [2.05, 4.69) is 10.0 Å². The van der Waals surface area contributed by atoms with Gasteiger partial charge >= 0.3 is 11.9 Å². The Balaban J connectivity index is 2.78. The molecule has 0 aliphatic carbocycles. The van der Waals surface area contributed by atoms with Crippen molar-refractivity contribution >= 4 is 40.9 Å². The third kappa shape index (κ3) is 9.55. The number of benzene rings is 1. The highest BCUT2D eigenvalue weighted by Gasteiger charge is 2.35. The van der Waals surface area contributed by atoms with Gasteiger partial charge in [-0.15, -0.1) is 0 Å². The van der Waals surface area contributed by atoms with Gasteiger partial charge in [0.15, 0.2) is 0 Å².